The average Bonchev–Trinajstić information content (AvgIpc) is 2.10. The summed E-state index contributed by atoms with van der Waals surface area (Å²) < 4.78 is 0. The van der Waals surface area contributed by atoms with E-state index >= 15 is 0 Å². The molecule has 0 amide bonds. The van der Waals surface area contributed by atoms with Gasteiger partial charge in [0.05, 0.1) is 0 Å². The minimum absolute atomic E-state index is 1.16. The maximum absolute atomic E-state index is 3.76. The molecule has 0 aromatic carbocycles. The molecule has 11 heavy (non-hydrogen) atoms. The third-order valence-electron chi connectivity index (χ3n) is 1.11. The molecule has 0 nitrogen and oxygen atoms in total. The maximum Gasteiger partial charge on any atom is -0.0399 e. The van der Waals surface area contributed by atoms with Crippen LogP contribution in [0.4, 0.5) is 0 Å². The third kappa shape index (κ3) is 17.7. The number of allylic oxidation sites excluding steroid dienone is 3. The van der Waals surface area contributed by atoms with Gasteiger partial charge in [-0.25, -0.2) is 0 Å². The molecule has 0 aliphatic carbocycles. The first-order chi connectivity index (χ1) is 5.18. The first-order valence-electron chi connectivity index (χ1n) is 4.47. The maximum atomic E-state index is 3.76. The minimum atomic E-state index is 1.16. The van der Waals surface area contributed by atoms with E-state index in [0.29, 0.717) is 0 Å². The van der Waals surface area contributed by atoms with Crippen LogP contribution in [0.15, 0.2) is 23.8 Å². The van der Waals surface area contributed by atoms with Gasteiger partial charge >= 0.3 is 0 Å². The van der Waals surface area contributed by atoms with Crippen molar-refractivity contribution in [3.63, 3.8) is 0 Å². The highest BCUT2D eigenvalue weighted by atomic mass is 13.9. The molecule has 0 aliphatic heterocycles. The van der Waals surface area contributed by atoms with E-state index in [1.807, 2.05) is 41.5 Å². The Kier molecular flexibility index (Phi) is 24.8. The predicted molar refractivity (Wildman–Crippen MR) is 56.9 cm³/mol. The Balaban J connectivity index is -0.000000138. The van der Waals surface area contributed by atoms with Gasteiger partial charge in [0.2, 0.25) is 0 Å². The zero-order valence-electron chi connectivity index (χ0n) is 9.28. The van der Waals surface area contributed by atoms with Crippen molar-refractivity contribution in [1.82, 2.24) is 0 Å². The second-order valence-corrected chi connectivity index (χ2v) is 1.75. The van der Waals surface area contributed by atoms with Crippen LogP contribution < -0.4 is 0 Å². The van der Waals surface area contributed by atoms with Crippen molar-refractivity contribution in [1.29, 1.82) is 0 Å². The molecule has 0 rings (SSSR count). The molecule has 0 aromatic heterocycles. The lowest BCUT2D eigenvalue weighted by molar-refractivity contribution is 1.34. The summed E-state index contributed by atoms with van der Waals surface area (Å²) in [6.45, 7) is 17.8. The molecule has 0 heterocycles. The summed E-state index contributed by atoms with van der Waals surface area (Å²) in [5.74, 6) is 0. The van der Waals surface area contributed by atoms with Gasteiger partial charge in [-0.05, 0) is 20.8 Å². The second-order valence-electron chi connectivity index (χ2n) is 1.75. The fourth-order valence-electron chi connectivity index (χ4n) is 0.246. The van der Waals surface area contributed by atoms with Crippen LogP contribution in [-0.4, -0.2) is 0 Å². The van der Waals surface area contributed by atoms with Gasteiger partial charge in [-0.1, -0.05) is 51.5 Å². The molecule has 0 fully saturated rings. The van der Waals surface area contributed by atoms with Gasteiger partial charge in [0.25, 0.3) is 0 Å². The van der Waals surface area contributed by atoms with E-state index in [1.54, 1.807) is 0 Å². The summed E-state index contributed by atoms with van der Waals surface area (Å²) in [7, 11) is 0. The Morgan fingerprint density at radius 2 is 1.27 bits per heavy atom. The van der Waals surface area contributed by atoms with Crippen LogP contribution in [0.25, 0.3) is 0 Å². The Hall–Kier alpha value is -0.520. The second kappa shape index (κ2) is 16.2. The summed E-state index contributed by atoms with van der Waals surface area (Å²) in [6.07, 6.45) is 2.06. The van der Waals surface area contributed by atoms with Gasteiger partial charge in [0.1, 0.15) is 0 Å². The molecule has 68 valence electrons. The molecule has 0 saturated heterocycles. The molecule has 0 N–H and O–H groups in total. The molecular formula is C11H24. The minimum Gasteiger partial charge on any atom is -0.0959 e. The summed E-state index contributed by atoms with van der Waals surface area (Å²) in [5.41, 5.74) is 2.43. The highest BCUT2D eigenvalue weighted by molar-refractivity contribution is 5.22. The molecule has 0 heteroatoms. The number of hydrogen-bond donors (Lipinski definition) is 0. The van der Waals surface area contributed by atoms with Crippen LogP contribution >= 0.6 is 0 Å². The molecule has 0 aromatic rings. The lowest BCUT2D eigenvalue weighted by atomic mass is 10.2. The summed E-state index contributed by atoms with van der Waals surface area (Å²) in [4.78, 5) is 0. The van der Waals surface area contributed by atoms with Gasteiger partial charge in [0, 0.05) is 0 Å². The first kappa shape index (κ1) is 16.8. The smallest absolute Gasteiger partial charge is 0.0399 e. The third-order valence-corrected chi connectivity index (χ3v) is 1.11. The topological polar surface area (TPSA) is 0 Å². The molecule has 0 saturated carbocycles. The van der Waals surface area contributed by atoms with Crippen LogP contribution in [-0.2, 0) is 0 Å². The van der Waals surface area contributed by atoms with E-state index < -0.39 is 0 Å². The van der Waals surface area contributed by atoms with Crippen molar-refractivity contribution in [2.24, 2.45) is 0 Å². The van der Waals surface area contributed by atoms with Crippen LogP contribution in [0.1, 0.15) is 48.5 Å². The highest BCUT2D eigenvalue weighted by Crippen LogP contribution is 2.02. The van der Waals surface area contributed by atoms with Crippen molar-refractivity contribution >= 4 is 0 Å². The Morgan fingerprint density at radius 1 is 1.00 bits per heavy atom. The van der Waals surface area contributed by atoms with Crippen molar-refractivity contribution in [2.75, 3.05) is 0 Å². The van der Waals surface area contributed by atoms with Crippen LogP contribution in [0.3, 0.4) is 0 Å². The van der Waals surface area contributed by atoms with Crippen LogP contribution in [0, 0.1) is 0 Å². The van der Waals surface area contributed by atoms with E-state index in [9.17, 15) is 0 Å². The highest BCUT2D eigenvalue weighted by Gasteiger charge is 1.81. The van der Waals surface area contributed by atoms with Gasteiger partial charge < -0.3 is 0 Å². The van der Waals surface area contributed by atoms with Crippen LogP contribution in [0.2, 0.25) is 0 Å². The molecule has 0 atom stereocenters. The average molecular weight is 156 g/mol. The summed E-state index contributed by atoms with van der Waals surface area (Å²) >= 11 is 0. The predicted octanol–water partition coefficient (Wildman–Crippen LogP) is 4.58. The first-order valence-corrected chi connectivity index (χ1v) is 4.47. The zero-order chi connectivity index (χ0) is 9.86. The van der Waals surface area contributed by atoms with Gasteiger partial charge in [-0.15, -0.1) is 0 Å². The van der Waals surface area contributed by atoms with E-state index in [-0.39, 0.29) is 0 Å². The van der Waals surface area contributed by atoms with Crippen molar-refractivity contribution in [2.45, 2.75) is 48.5 Å². The number of rotatable bonds is 1. The lowest BCUT2D eigenvalue weighted by Crippen LogP contribution is -1.71. The van der Waals surface area contributed by atoms with E-state index in [0.717, 1.165) is 5.57 Å². The number of hydrogen-bond acceptors (Lipinski definition) is 0. The largest absolute Gasteiger partial charge is 0.0959 e. The van der Waals surface area contributed by atoms with Gasteiger partial charge in [-0.3, -0.25) is 0 Å². The molecule has 0 spiro atoms. The van der Waals surface area contributed by atoms with Crippen molar-refractivity contribution in [3.8, 4) is 0 Å². The van der Waals surface area contributed by atoms with Crippen LogP contribution in [0.5, 0.6) is 0 Å². The SMILES string of the molecule is C=C(C)/C(C)=C/C.CC.CC. The van der Waals surface area contributed by atoms with E-state index in [2.05, 4.69) is 19.6 Å². The monoisotopic (exact) mass is 156 g/mol. The van der Waals surface area contributed by atoms with Gasteiger partial charge in [0.15, 0.2) is 0 Å². The lowest BCUT2D eigenvalue weighted by Gasteiger charge is -1.92. The molecule has 0 bridgehead atoms. The fourth-order valence-corrected chi connectivity index (χ4v) is 0.246. The molecule has 0 radical (unpaired) electrons. The van der Waals surface area contributed by atoms with E-state index in [4.69, 9.17) is 0 Å². The fraction of sp³-hybridized carbons (Fsp3) is 0.636. The molecule has 0 aliphatic rings. The zero-order valence-corrected chi connectivity index (χ0v) is 9.28. The standard InChI is InChI=1S/C7H12.2C2H6/c1-5-7(4)6(2)3;2*1-2/h5H,2H2,1,3-4H3;2*1-2H3/b7-5+;;. The Morgan fingerprint density at radius 3 is 1.27 bits per heavy atom. The molecular weight excluding hydrogens is 132 g/mol. The summed E-state index contributed by atoms with van der Waals surface area (Å²) in [6, 6.07) is 0. The van der Waals surface area contributed by atoms with Crippen molar-refractivity contribution < 1.29 is 0 Å². The van der Waals surface area contributed by atoms with E-state index in [1.165, 1.54) is 5.57 Å². The normalized spacial score (nSPS) is 8.45. The summed E-state index contributed by atoms with van der Waals surface area (Å²) in [5, 5.41) is 0. The quantitative estimate of drug-likeness (QED) is 0.487. The van der Waals surface area contributed by atoms with Crippen molar-refractivity contribution in [3.05, 3.63) is 23.8 Å². The molecule has 0 unspecified atom stereocenters. The Labute approximate surface area is 73.0 Å². The Bertz CT molecular complexity index is 96.6. The van der Waals surface area contributed by atoms with Gasteiger partial charge in [-0.2, -0.15) is 0 Å².